The lowest BCUT2D eigenvalue weighted by atomic mass is 9.77. The van der Waals surface area contributed by atoms with E-state index in [4.69, 9.17) is 0 Å². The largest absolute Gasteiger partial charge is 0.296 e. The summed E-state index contributed by atoms with van der Waals surface area (Å²) in [6, 6.07) is 4.23. The molecule has 1 N–H and O–H groups in total. The fourth-order valence-corrected chi connectivity index (χ4v) is 2.99. The van der Waals surface area contributed by atoms with Crippen molar-refractivity contribution in [3.05, 3.63) is 34.4 Å². The molecule has 0 aromatic heterocycles. The summed E-state index contributed by atoms with van der Waals surface area (Å²) in [6.45, 7) is 8.06. The highest BCUT2D eigenvalue weighted by Crippen LogP contribution is 2.35. The van der Waals surface area contributed by atoms with Crippen molar-refractivity contribution in [1.29, 1.82) is 0 Å². The van der Waals surface area contributed by atoms with Crippen LogP contribution in [0.1, 0.15) is 41.5 Å². The molecule has 96 valence electrons. The molecular weight excluding hydrogens is 226 g/mol. The summed E-state index contributed by atoms with van der Waals surface area (Å²) >= 11 is 0. The molecule has 0 saturated carbocycles. The minimum Gasteiger partial charge on any atom is -0.296 e. The summed E-state index contributed by atoms with van der Waals surface area (Å²) in [4.78, 5) is 23.3. The average molecular weight is 245 g/mol. The second kappa shape index (κ2) is 4.56. The first-order chi connectivity index (χ1) is 8.40. The van der Waals surface area contributed by atoms with Gasteiger partial charge in [0.25, 0.3) is 0 Å². The molecule has 0 bridgehead atoms. The lowest BCUT2D eigenvalue weighted by molar-refractivity contribution is -0.136. The predicted molar refractivity (Wildman–Crippen MR) is 70.3 cm³/mol. The van der Waals surface area contributed by atoms with Crippen molar-refractivity contribution in [2.45, 2.75) is 40.0 Å². The molecule has 1 aliphatic rings. The van der Waals surface area contributed by atoms with Gasteiger partial charge in [0.15, 0.2) is 0 Å². The summed E-state index contributed by atoms with van der Waals surface area (Å²) < 4.78 is 0. The minimum atomic E-state index is -0.164. The predicted octanol–water partition coefficient (Wildman–Crippen LogP) is 2.38. The molecule has 18 heavy (non-hydrogen) atoms. The fraction of sp³-hybridized carbons (Fsp3) is 0.467. The standard InChI is InChI=1S/C15H19NO2/c1-8-5-9(2)14(10(3)6-8)12-7-13(17)16-15(18)11(12)4/h5-6,11-12H,7H2,1-4H3,(H,16,17,18). The second-order valence-corrected chi connectivity index (χ2v) is 5.32. The first kappa shape index (κ1) is 12.8. The highest BCUT2D eigenvalue weighted by molar-refractivity contribution is 5.99. The number of hydrogen-bond acceptors (Lipinski definition) is 2. The number of amides is 2. The zero-order valence-corrected chi connectivity index (χ0v) is 11.3. The Bertz CT molecular complexity index is 496. The summed E-state index contributed by atoms with van der Waals surface area (Å²) in [6.07, 6.45) is 0.400. The van der Waals surface area contributed by atoms with Crippen LogP contribution in [0.25, 0.3) is 0 Å². The van der Waals surface area contributed by atoms with E-state index in [1.807, 2.05) is 6.92 Å². The van der Waals surface area contributed by atoms with Gasteiger partial charge in [0.2, 0.25) is 11.8 Å². The van der Waals surface area contributed by atoms with Crippen LogP contribution in [0.5, 0.6) is 0 Å². The van der Waals surface area contributed by atoms with E-state index in [1.165, 1.54) is 16.7 Å². The topological polar surface area (TPSA) is 46.2 Å². The molecule has 3 nitrogen and oxygen atoms in total. The van der Waals surface area contributed by atoms with Crippen molar-refractivity contribution < 1.29 is 9.59 Å². The molecule has 1 aliphatic heterocycles. The third-order valence-electron chi connectivity index (χ3n) is 3.79. The van der Waals surface area contributed by atoms with Crippen LogP contribution >= 0.6 is 0 Å². The summed E-state index contributed by atoms with van der Waals surface area (Å²) in [5.74, 6) is -0.465. The van der Waals surface area contributed by atoms with Crippen molar-refractivity contribution >= 4 is 11.8 Å². The van der Waals surface area contributed by atoms with E-state index in [9.17, 15) is 9.59 Å². The summed E-state index contributed by atoms with van der Waals surface area (Å²) in [7, 11) is 0. The van der Waals surface area contributed by atoms with Crippen LogP contribution in [0.3, 0.4) is 0 Å². The van der Waals surface area contributed by atoms with Crippen LogP contribution in [0.2, 0.25) is 0 Å². The van der Waals surface area contributed by atoms with Gasteiger partial charge in [0, 0.05) is 18.3 Å². The molecule has 2 unspecified atom stereocenters. The molecule has 3 heteroatoms. The van der Waals surface area contributed by atoms with E-state index in [-0.39, 0.29) is 23.7 Å². The van der Waals surface area contributed by atoms with Crippen molar-refractivity contribution in [3.8, 4) is 0 Å². The van der Waals surface area contributed by atoms with Gasteiger partial charge in [-0.25, -0.2) is 0 Å². The fourth-order valence-electron chi connectivity index (χ4n) is 2.99. The Kier molecular flexibility index (Phi) is 3.24. The molecule has 1 fully saturated rings. The second-order valence-electron chi connectivity index (χ2n) is 5.32. The van der Waals surface area contributed by atoms with Gasteiger partial charge in [-0.1, -0.05) is 24.6 Å². The van der Waals surface area contributed by atoms with Crippen LogP contribution in [-0.4, -0.2) is 11.8 Å². The number of benzene rings is 1. The number of piperidine rings is 1. The Morgan fingerprint density at radius 2 is 1.67 bits per heavy atom. The summed E-state index contributed by atoms with van der Waals surface area (Å²) in [5, 5.41) is 2.40. The van der Waals surface area contributed by atoms with E-state index in [1.54, 1.807) is 0 Å². The molecule has 1 saturated heterocycles. The quantitative estimate of drug-likeness (QED) is 0.772. The zero-order chi connectivity index (χ0) is 13.4. The molecule has 1 heterocycles. The number of hydrogen-bond donors (Lipinski definition) is 1. The number of aryl methyl sites for hydroxylation is 3. The number of nitrogens with one attached hydrogen (secondary N) is 1. The van der Waals surface area contributed by atoms with Crippen LogP contribution in [0, 0.1) is 26.7 Å². The minimum absolute atomic E-state index is 0.00634. The maximum atomic E-state index is 11.7. The molecule has 1 aromatic carbocycles. The Morgan fingerprint density at radius 1 is 1.11 bits per heavy atom. The molecule has 0 spiro atoms. The first-order valence-electron chi connectivity index (χ1n) is 6.31. The van der Waals surface area contributed by atoms with Gasteiger partial charge in [-0.15, -0.1) is 0 Å². The Balaban J connectivity index is 2.47. The number of rotatable bonds is 1. The maximum absolute atomic E-state index is 11.7. The highest BCUT2D eigenvalue weighted by Gasteiger charge is 2.34. The normalized spacial score (nSPS) is 24.0. The summed E-state index contributed by atoms with van der Waals surface area (Å²) in [5.41, 5.74) is 4.72. The molecule has 0 aliphatic carbocycles. The maximum Gasteiger partial charge on any atom is 0.230 e. The molecule has 1 aromatic rings. The zero-order valence-electron chi connectivity index (χ0n) is 11.3. The third-order valence-corrected chi connectivity index (χ3v) is 3.79. The van der Waals surface area contributed by atoms with Crippen LogP contribution in [0.15, 0.2) is 12.1 Å². The average Bonchev–Trinajstić information content (AvgIpc) is 2.23. The lowest BCUT2D eigenvalue weighted by Gasteiger charge is -2.30. The van der Waals surface area contributed by atoms with Crippen molar-refractivity contribution in [1.82, 2.24) is 5.32 Å². The van der Waals surface area contributed by atoms with Crippen molar-refractivity contribution in [3.63, 3.8) is 0 Å². The van der Waals surface area contributed by atoms with E-state index >= 15 is 0 Å². The monoisotopic (exact) mass is 245 g/mol. The van der Waals surface area contributed by atoms with E-state index in [0.29, 0.717) is 6.42 Å². The van der Waals surface area contributed by atoms with Gasteiger partial charge in [-0.2, -0.15) is 0 Å². The Hall–Kier alpha value is -1.64. The van der Waals surface area contributed by atoms with Crippen molar-refractivity contribution in [2.75, 3.05) is 0 Å². The van der Waals surface area contributed by atoms with Gasteiger partial charge in [-0.3, -0.25) is 14.9 Å². The SMILES string of the molecule is Cc1cc(C)c(C2CC(=O)NC(=O)C2C)c(C)c1. The number of carbonyl (C=O) groups is 2. The number of imide groups is 1. The first-order valence-corrected chi connectivity index (χ1v) is 6.31. The van der Waals surface area contributed by atoms with Crippen LogP contribution in [0.4, 0.5) is 0 Å². The van der Waals surface area contributed by atoms with E-state index < -0.39 is 0 Å². The van der Waals surface area contributed by atoms with Crippen LogP contribution < -0.4 is 5.32 Å². The Morgan fingerprint density at radius 3 is 2.22 bits per heavy atom. The molecule has 2 rings (SSSR count). The van der Waals surface area contributed by atoms with E-state index in [0.717, 1.165) is 5.56 Å². The molecular formula is C15H19NO2. The molecule has 2 atom stereocenters. The molecule has 0 radical (unpaired) electrons. The van der Waals surface area contributed by atoms with Crippen molar-refractivity contribution in [2.24, 2.45) is 5.92 Å². The van der Waals surface area contributed by atoms with Gasteiger partial charge in [0.05, 0.1) is 0 Å². The molecule has 2 amide bonds. The smallest absolute Gasteiger partial charge is 0.230 e. The van der Waals surface area contributed by atoms with Gasteiger partial charge in [0.1, 0.15) is 0 Å². The number of carbonyl (C=O) groups excluding carboxylic acids is 2. The van der Waals surface area contributed by atoms with Gasteiger partial charge >= 0.3 is 0 Å². The van der Waals surface area contributed by atoms with E-state index in [2.05, 4.69) is 38.2 Å². The highest BCUT2D eigenvalue weighted by atomic mass is 16.2. The third kappa shape index (κ3) is 2.17. The van der Waals surface area contributed by atoms with Crippen LogP contribution in [-0.2, 0) is 9.59 Å². The van der Waals surface area contributed by atoms with Gasteiger partial charge in [-0.05, 0) is 37.5 Å². The van der Waals surface area contributed by atoms with Gasteiger partial charge < -0.3 is 0 Å². The lowest BCUT2D eigenvalue weighted by Crippen LogP contribution is -2.43. The Labute approximate surface area is 108 Å².